The average Bonchev–Trinajstić information content (AvgIpc) is 2.04. The van der Waals surface area contributed by atoms with Gasteiger partial charge in [0.1, 0.15) is 11.3 Å². The van der Waals surface area contributed by atoms with Crippen molar-refractivity contribution in [1.29, 1.82) is 0 Å². The second kappa shape index (κ2) is 3.78. The molecule has 0 radical (unpaired) electrons. The van der Waals surface area contributed by atoms with Crippen molar-refractivity contribution in [2.75, 3.05) is 7.11 Å². The second-order valence-electron chi connectivity index (χ2n) is 2.63. The summed E-state index contributed by atoms with van der Waals surface area (Å²) in [5.74, 6) is 0.857. The van der Waals surface area contributed by atoms with Crippen molar-refractivity contribution in [1.82, 2.24) is 0 Å². The van der Waals surface area contributed by atoms with Crippen LogP contribution in [0, 0.1) is 6.92 Å². The molecular formula is C9H12ClNO. The van der Waals surface area contributed by atoms with Crippen molar-refractivity contribution in [2.45, 2.75) is 12.4 Å². The molecule has 1 atom stereocenters. The maximum absolute atomic E-state index is 5.71. The van der Waals surface area contributed by atoms with E-state index in [4.69, 9.17) is 22.1 Å². The normalized spacial score (nSPS) is 12.7. The number of halogens is 1. The first-order chi connectivity index (χ1) is 5.65. The molecule has 3 heteroatoms. The molecule has 0 bridgehead atoms. The van der Waals surface area contributed by atoms with E-state index in [-0.39, 0.29) is 0 Å². The first-order valence-corrected chi connectivity index (χ1v) is 4.13. The Balaban J connectivity index is 3.02. The SMILES string of the molecule is COc1ccc(C(N)Cl)cc1C. The Morgan fingerprint density at radius 3 is 2.58 bits per heavy atom. The first-order valence-electron chi connectivity index (χ1n) is 3.69. The van der Waals surface area contributed by atoms with Crippen LogP contribution in [0.1, 0.15) is 16.6 Å². The fraction of sp³-hybridized carbons (Fsp3) is 0.333. The molecule has 1 aromatic carbocycles. The third-order valence-corrected chi connectivity index (χ3v) is 1.99. The van der Waals surface area contributed by atoms with E-state index in [2.05, 4.69) is 0 Å². The summed E-state index contributed by atoms with van der Waals surface area (Å²) < 4.78 is 5.10. The number of ether oxygens (including phenoxy) is 1. The van der Waals surface area contributed by atoms with Crippen LogP contribution in [0.5, 0.6) is 5.75 Å². The predicted molar refractivity (Wildman–Crippen MR) is 50.5 cm³/mol. The van der Waals surface area contributed by atoms with Gasteiger partial charge >= 0.3 is 0 Å². The minimum absolute atomic E-state index is 0.436. The van der Waals surface area contributed by atoms with Crippen molar-refractivity contribution in [3.05, 3.63) is 29.3 Å². The molecule has 0 aromatic heterocycles. The van der Waals surface area contributed by atoms with E-state index in [1.165, 1.54) is 0 Å². The molecule has 0 saturated heterocycles. The van der Waals surface area contributed by atoms with Crippen molar-refractivity contribution in [2.24, 2.45) is 5.73 Å². The van der Waals surface area contributed by atoms with E-state index < -0.39 is 5.50 Å². The van der Waals surface area contributed by atoms with Gasteiger partial charge in [-0.3, -0.25) is 0 Å². The number of benzene rings is 1. The molecule has 1 rings (SSSR count). The molecule has 0 heterocycles. The highest BCUT2D eigenvalue weighted by atomic mass is 35.5. The average molecular weight is 186 g/mol. The zero-order valence-corrected chi connectivity index (χ0v) is 7.93. The predicted octanol–water partition coefficient (Wildman–Crippen LogP) is 2.20. The van der Waals surface area contributed by atoms with Gasteiger partial charge in [-0.25, -0.2) is 0 Å². The molecule has 0 amide bonds. The first kappa shape index (κ1) is 9.36. The van der Waals surface area contributed by atoms with Gasteiger partial charge in [-0.05, 0) is 30.2 Å². The fourth-order valence-electron chi connectivity index (χ4n) is 1.07. The summed E-state index contributed by atoms with van der Waals surface area (Å²) in [6.07, 6.45) is 0. The summed E-state index contributed by atoms with van der Waals surface area (Å²) in [5.41, 5.74) is 7.02. The molecule has 2 N–H and O–H groups in total. The largest absolute Gasteiger partial charge is 0.496 e. The molecule has 1 unspecified atom stereocenters. The Hall–Kier alpha value is -0.730. The Bertz CT molecular complexity index is 273. The molecule has 0 aliphatic carbocycles. The van der Waals surface area contributed by atoms with Gasteiger partial charge in [0.25, 0.3) is 0 Å². The van der Waals surface area contributed by atoms with Crippen molar-refractivity contribution >= 4 is 11.6 Å². The van der Waals surface area contributed by atoms with Crippen molar-refractivity contribution in [3.63, 3.8) is 0 Å². The third-order valence-electron chi connectivity index (χ3n) is 1.74. The Kier molecular flexibility index (Phi) is 2.95. The molecule has 1 aromatic rings. The fourth-order valence-corrected chi connectivity index (χ4v) is 1.21. The summed E-state index contributed by atoms with van der Waals surface area (Å²) in [6, 6.07) is 5.66. The molecule has 0 aliphatic rings. The van der Waals surface area contributed by atoms with E-state index in [1.54, 1.807) is 7.11 Å². The monoisotopic (exact) mass is 185 g/mol. The lowest BCUT2D eigenvalue weighted by molar-refractivity contribution is 0.411. The van der Waals surface area contributed by atoms with Gasteiger partial charge < -0.3 is 10.5 Å². The van der Waals surface area contributed by atoms with Gasteiger partial charge in [0, 0.05) is 0 Å². The highest BCUT2D eigenvalue weighted by Crippen LogP contribution is 2.22. The number of rotatable bonds is 2. The summed E-state index contributed by atoms with van der Waals surface area (Å²) in [4.78, 5) is 0. The highest BCUT2D eigenvalue weighted by molar-refractivity contribution is 6.20. The minimum atomic E-state index is -0.436. The van der Waals surface area contributed by atoms with Crippen LogP contribution in [0.15, 0.2) is 18.2 Å². The Labute approximate surface area is 77.3 Å². The molecule has 0 saturated carbocycles. The quantitative estimate of drug-likeness (QED) is 0.567. The zero-order valence-electron chi connectivity index (χ0n) is 7.17. The Morgan fingerprint density at radius 1 is 1.50 bits per heavy atom. The summed E-state index contributed by atoms with van der Waals surface area (Å²) in [7, 11) is 1.64. The molecule has 0 fully saturated rings. The molecule has 12 heavy (non-hydrogen) atoms. The lowest BCUT2D eigenvalue weighted by Crippen LogP contribution is -2.02. The van der Waals surface area contributed by atoms with E-state index >= 15 is 0 Å². The van der Waals surface area contributed by atoms with Gasteiger partial charge in [0.2, 0.25) is 0 Å². The number of nitrogens with two attached hydrogens (primary N) is 1. The second-order valence-corrected chi connectivity index (χ2v) is 3.10. The van der Waals surface area contributed by atoms with Gasteiger partial charge in [-0.15, -0.1) is 11.6 Å². The van der Waals surface area contributed by atoms with Crippen LogP contribution < -0.4 is 10.5 Å². The smallest absolute Gasteiger partial charge is 0.121 e. The lowest BCUT2D eigenvalue weighted by Gasteiger charge is -2.08. The molecular weight excluding hydrogens is 174 g/mol. The molecule has 0 spiro atoms. The highest BCUT2D eigenvalue weighted by Gasteiger charge is 2.03. The van der Waals surface area contributed by atoms with Crippen LogP contribution in [0.2, 0.25) is 0 Å². The molecule has 2 nitrogen and oxygen atoms in total. The molecule has 0 aliphatic heterocycles. The van der Waals surface area contributed by atoms with Crippen LogP contribution in [-0.2, 0) is 0 Å². The van der Waals surface area contributed by atoms with Crippen molar-refractivity contribution < 1.29 is 4.74 Å². The van der Waals surface area contributed by atoms with Gasteiger partial charge in [-0.1, -0.05) is 6.07 Å². The van der Waals surface area contributed by atoms with E-state index in [1.807, 2.05) is 25.1 Å². The van der Waals surface area contributed by atoms with E-state index in [9.17, 15) is 0 Å². The zero-order chi connectivity index (χ0) is 9.14. The van der Waals surface area contributed by atoms with Crippen molar-refractivity contribution in [3.8, 4) is 5.75 Å². The van der Waals surface area contributed by atoms with Crippen LogP contribution in [0.4, 0.5) is 0 Å². The standard InChI is InChI=1S/C9H12ClNO/c1-6-5-7(9(10)11)3-4-8(6)12-2/h3-5,9H,11H2,1-2H3. The van der Waals surface area contributed by atoms with E-state index in [0.717, 1.165) is 16.9 Å². The minimum Gasteiger partial charge on any atom is -0.496 e. The topological polar surface area (TPSA) is 35.2 Å². The maximum Gasteiger partial charge on any atom is 0.121 e. The van der Waals surface area contributed by atoms with Crippen LogP contribution in [-0.4, -0.2) is 7.11 Å². The number of aryl methyl sites for hydroxylation is 1. The summed E-state index contributed by atoms with van der Waals surface area (Å²) in [6.45, 7) is 1.96. The lowest BCUT2D eigenvalue weighted by atomic mass is 10.1. The summed E-state index contributed by atoms with van der Waals surface area (Å²) >= 11 is 5.71. The van der Waals surface area contributed by atoms with Gasteiger partial charge in [0.05, 0.1) is 7.11 Å². The number of methoxy groups -OCH3 is 1. The van der Waals surface area contributed by atoms with Crippen LogP contribution >= 0.6 is 11.6 Å². The Morgan fingerprint density at radius 2 is 2.17 bits per heavy atom. The summed E-state index contributed by atoms with van der Waals surface area (Å²) in [5, 5.41) is 0. The van der Waals surface area contributed by atoms with Gasteiger partial charge in [-0.2, -0.15) is 0 Å². The number of hydrogen-bond donors (Lipinski definition) is 1. The van der Waals surface area contributed by atoms with Crippen LogP contribution in [0.25, 0.3) is 0 Å². The van der Waals surface area contributed by atoms with Gasteiger partial charge in [0.15, 0.2) is 0 Å². The molecule has 66 valence electrons. The van der Waals surface area contributed by atoms with Crippen LogP contribution in [0.3, 0.4) is 0 Å². The number of alkyl halides is 1. The third kappa shape index (κ3) is 1.90. The van der Waals surface area contributed by atoms with E-state index in [0.29, 0.717) is 0 Å². The number of hydrogen-bond acceptors (Lipinski definition) is 2. The maximum atomic E-state index is 5.71.